The minimum atomic E-state index is -1.09. The molecule has 0 heterocycles. The Morgan fingerprint density at radius 2 is 2.18 bits per heavy atom. The second-order valence-electron chi connectivity index (χ2n) is 3.29. The maximum absolute atomic E-state index is 11.4. The van der Waals surface area contributed by atoms with Gasteiger partial charge in [-0.25, -0.2) is 4.79 Å². The van der Waals surface area contributed by atoms with Gasteiger partial charge in [-0.2, -0.15) is 0 Å². The first-order valence-electron chi connectivity index (χ1n) is 4.86. The Morgan fingerprint density at radius 3 is 2.76 bits per heavy atom. The molecule has 0 aromatic heterocycles. The van der Waals surface area contributed by atoms with Crippen LogP contribution in [-0.2, 0) is 9.53 Å². The first-order chi connectivity index (χ1) is 8.04. The molecule has 0 saturated carbocycles. The van der Waals surface area contributed by atoms with E-state index in [-0.39, 0.29) is 23.6 Å². The van der Waals surface area contributed by atoms with E-state index in [1.54, 1.807) is 6.07 Å². The van der Waals surface area contributed by atoms with E-state index >= 15 is 0 Å². The van der Waals surface area contributed by atoms with Crippen molar-refractivity contribution in [3.8, 4) is 0 Å². The summed E-state index contributed by atoms with van der Waals surface area (Å²) >= 11 is 3.18. The number of halogens is 1. The highest BCUT2D eigenvalue weighted by atomic mass is 79.9. The van der Waals surface area contributed by atoms with Crippen molar-refractivity contribution in [3.63, 3.8) is 0 Å². The van der Waals surface area contributed by atoms with Gasteiger partial charge in [0, 0.05) is 11.6 Å². The zero-order chi connectivity index (χ0) is 12.8. The van der Waals surface area contributed by atoms with Gasteiger partial charge >= 0.3 is 5.97 Å². The number of rotatable bonds is 5. The van der Waals surface area contributed by atoms with Gasteiger partial charge in [0.15, 0.2) is 0 Å². The second-order valence-corrected chi connectivity index (χ2v) is 4.20. The SMILES string of the molecule is COCCC(=O)Nc1ccc(Br)cc1C(=O)O. The molecule has 0 radical (unpaired) electrons. The summed E-state index contributed by atoms with van der Waals surface area (Å²) in [6, 6.07) is 4.64. The Labute approximate surface area is 107 Å². The predicted molar refractivity (Wildman–Crippen MR) is 66.2 cm³/mol. The molecule has 0 aliphatic heterocycles. The maximum atomic E-state index is 11.4. The third-order valence-electron chi connectivity index (χ3n) is 2.02. The van der Waals surface area contributed by atoms with Crippen LogP contribution in [0.15, 0.2) is 22.7 Å². The van der Waals surface area contributed by atoms with Crippen LogP contribution in [0.1, 0.15) is 16.8 Å². The van der Waals surface area contributed by atoms with E-state index in [9.17, 15) is 9.59 Å². The lowest BCUT2D eigenvalue weighted by atomic mass is 10.2. The quantitative estimate of drug-likeness (QED) is 0.873. The van der Waals surface area contributed by atoms with Gasteiger partial charge in [0.1, 0.15) is 0 Å². The van der Waals surface area contributed by atoms with Gasteiger partial charge in [-0.05, 0) is 18.2 Å². The molecule has 0 bridgehead atoms. The fourth-order valence-corrected chi connectivity index (χ4v) is 1.57. The van der Waals surface area contributed by atoms with Crippen LogP contribution < -0.4 is 5.32 Å². The molecule has 0 aliphatic carbocycles. The van der Waals surface area contributed by atoms with Crippen molar-refractivity contribution >= 4 is 33.5 Å². The molecule has 2 N–H and O–H groups in total. The molecule has 1 amide bonds. The monoisotopic (exact) mass is 301 g/mol. The number of amides is 1. The Balaban J connectivity index is 2.83. The van der Waals surface area contributed by atoms with Crippen LogP contribution in [0.3, 0.4) is 0 Å². The molecule has 0 unspecified atom stereocenters. The summed E-state index contributed by atoms with van der Waals surface area (Å²) in [5.74, 6) is -1.37. The van der Waals surface area contributed by atoms with E-state index in [0.717, 1.165) is 0 Å². The number of benzene rings is 1. The summed E-state index contributed by atoms with van der Waals surface area (Å²) in [6.45, 7) is 0.296. The van der Waals surface area contributed by atoms with Crippen molar-refractivity contribution in [2.45, 2.75) is 6.42 Å². The summed E-state index contributed by atoms with van der Waals surface area (Å²) < 4.78 is 5.41. The topological polar surface area (TPSA) is 75.6 Å². The predicted octanol–water partition coefficient (Wildman–Crippen LogP) is 2.12. The zero-order valence-electron chi connectivity index (χ0n) is 9.20. The smallest absolute Gasteiger partial charge is 0.337 e. The third kappa shape index (κ3) is 4.16. The van der Waals surface area contributed by atoms with Gasteiger partial charge in [0.2, 0.25) is 5.91 Å². The number of nitrogens with one attached hydrogen (secondary N) is 1. The van der Waals surface area contributed by atoms with Crippen LogP contribution in [0.2, 0.25) is 0 Å². The minimum absolute atomic E-state index is 0.0464. The number of ether oxygens (including phenoxy) is 1. The first-order valence-corrected chi connectivity index (χ1v) is 5.65. The molecular weight excluding hydrogens is 290 g/mol. The van der Waals surface area contributed by atoms with Crippen molar-refractivity contribution in [2.75, 3.05) is 19.0 Å². The molecule has 0 atom stereocenters. The standard InChI is InChI=1S/C11H12BrNO4/c1-17-5-4-10(14)13-9-3-2-7(12)6-8(9)11(15)16/h2-3,6H,4-5H2,1H3,(H,13,14)(H,15,16). The number of carbonyl (C=O) groups excluding carboxylic acids is 1. The molecule has 0 saturated heterocycles. The average molecular weight is 302 g/mol. The van der Waals surface area contributed by atoms with Crippen molar-refractivity contribution in [3.05, 3.63) is 28.2 Å². The van der Waals surface area contributed by atoms with Crippen molar-refractivity contribution in [1.82, 2.24) is 0 Å². The lowest BCUT2D eigenvalue weighted by molar-refractivity contribution is -0.117. The summed E-state index contributed by atoms with van der Waals surface area (Å²) in [5.41, 5.74) is 0.326. The molecule has 92 valence electrons. The third-order valence-corrected chi connectivity index (χ3v) is 2.51. The van der Waals surface area contributed by atoms with Gasteiger partial charge in [0.25, 0.3) is 0 Å². The first kappa shape index (κ1) is 13.7. The largest absolute Gasteiger partial charge is 0.478 e. The van der Waals surface area contributed by atoms with Crippen molar-refractivity contribution < 1.29 is 19.4 Å². The zero-order valence-corrected chi connectivity index (χ0v) is 10.8. The number of carboxylic acid groups (broad SMARTS) is 1. The van der Waals surface area contributed by atoms with Gasteiger partial charge in [-0.1, -0.05) is 15.9 Å². The molecule has 6 heteroatoms. The fourth-order valence-electron chi connectivity index (χ4n) is 1.21. The molecule has 1 aromatic rings. The Kier molecular flexibility index (Phi) is 5.11. The number of hydrogen-bond acceptors (Lipinski definition) is 3. The van der Waals surface area contributed by atoms with Crippen molar-refractivity contribution in [1.29, 1.82) is 0 Å². The van der Waals surface area contributed by atoms with E-state index in [1.807, 2.05) is 0 Å². The molecule has 17 heavy (non-hydrogen) atoms. The second kappa shape index (κ2) is 6.36. The van der Waals surface area contributed by atoms with Gasteiger partial charge in [-0.3, -0.25) is 4.79 Å². The highest BCUT2D eigenvalue weighted by Gasteiger charge is 2.12. The summed E-state index contributed by atoms with van der Waals surface area (Å²) in [7, 11) is 1.50. The van der Waals surface area contributed by atoms with E-state index in [2.05, 4.69) is 21.2 Å². The molecule has 5 nitrogen and oxygen atoms in total. The van der Waals surface area contributed by atoms with Crippen LogP contribution in [0.25, 0.3) is 0 Å². The summed E-state index contributed by atoms with van der Waals surface area (Å²) in [6.07, 6.45) is 0.186. The van der Waals surface area contributed by atoms with Crippen LogP contribution in [0.4, 0.5) is 5.69 Å². The van der Waals surface area contributed by atoms with Gasteiger partial charge < -0.3 is 15.2 Å². The minimum Gasteiger partial charge on any atom is -0.478 e. The average Bonchev–Trinajstić information content (AvgIpc) is 2.28. The number of hydrogen-bond donors (Lipinski definition) is 2. The van der Waals surface area contributed by atoms with E-state index in [4.69, 9.17) is 9.84 Å². The van der Waals surface area contributed by atoms with Crippen LogP contribution in [0.5, 0.6) is 0 Å². The van der Waals surface area contributed by atoms with Gasteiger partial charge in [0.05, 0.1) is 24.3 Å². The molecule has 0 spiro atoms. The van der Waals surface area contributed by atoms with Crippen LogP contribution in [0, 0.1) is 0 Å². The Morgan fingerprint density at radius 1 is 1.47 bits per heavy atom. The highest BCUT2D eigenvalue weighted by molar-refractivity contribution is 9.10. The molecular formula is C11H12BrNO4. The number of anilines is 1. The normalized spacial score (nSPS) is 10.0. The number of carbonyl (C=O) groups is 2. The van der Waals surface area contributed by atoms with Gasteiger partial charge in [-0.15, -0.1) is 0 Å². The molecule has 0 aliphatic rings. The fraction of sp³-hybridized carbons (Fsp3) is 0.273. The van der Waals surface area contributed by atoms with E-state index in [1.165, 1.54) is 19.2 Å². The Hall–Kier alpha value is -1.40. The van der Waals surface area contributed by atoms with Crippen LogP contribution in [-0.4, -0.2) is 30.7 Å². The van der Waals surface area contributed by atoms with E-state index in [0.29, 0.717) is 11.1 Å². The lowest BCUT2D eigenvalue weighted by Gasteiger charge is -2.08. The summed E-state index contributed by atoms with van der Waals surface area (Å²) in [4.78, 5) is 22.4. The number of carboxylic acids is 1. The maximum Gasteiger partial charge on any atom is 0.337 e. The molecule has 1 aromatic carbocycles. The highest BCUT2D eigenvalue weighted by Crippen LogP contribution is 2.21. The van der Waals surface area contributed by atoms with Crippen LogP contribution >= 0.6 is 15.9 Å². The number of aromatic carboxylic acids is 1. The van der Waals surface area contributed by atoms with Crippen molar-refractivity contribution in [2.24, 2.45) is 0 Å². The Bertz CT molecular complexity index is 433. The lowest BCUT2D eigenvalue weighted by Crippen LogP contribution is -2.16. The van der Waals surface area contributed by atoms with E-state index < -0.39 is 5.97 Å². The number of methoxy groups -OCH3 is 1. The molecule has 1 rings (SSSR count). The molecule has 0 fully saturated rings. The summed E-state index contributed by atoms with van der Waals surface area (Å²) in [5, 5.41) is 11.5.